The van der Waals surface area contributed by atoms with Crippen LogP contribution in [0.1, 0.15) is 22.8 Å². The molecule has 0 radical (unpaired) electrons. The van der Waals surface area contributed by atoms with Gasteiger partial charge in [-0.05, 0) is 47.5 Å². The van der Waals surface area contributed by atoms with Crippen molar-refractivity contribution in [3.05, 3.63) is 77.9 Å². The van der Waals surface area contributed by atoms with Crippen LogP contribution >= 0.6 is 11.8 Å². The third-order valence-electron chi connectivity index (χ3n) is 3.60. The molecule has 0 saturated heterocycles. The summed E-state index contributed by atoms with van der Waals surface area (Å²) in [5.41, 5.74) is 1.67. The quantitative estimate of drug-likeness (QED) is 0.470. The maximum Gasteiger partial charge on any atom is 0.338 e. The van der Waals surface area contributed by atoms with Crippen LogP contribution in [0.5, 0.6) is 0 Å². The molecule has 116 valence electrons. The number of hydrogen-bond acceptors (Lipinski definition) is 3. The number of thioether (sulfide) groups is 1. The molecular formula is C20H18O2S. The number of hydrogen-bond donors (Lipinski definition) is 0. The van der Waals surface area contributed by atoms with Gasteiger partial charge in [-0.15, -0.1) is 11.8 Å². The Morgan fingerprint density at radius 3 is 2.30 bits per heavy atom. The first-order chi connectivity index (χ1) is 11.3. The van der Waals surface area contributed by atoms with Crippen LogP contribution < -0.4 is 0 Å². The average molecular weight is 322 g/mol. The third kappa shape index (κ3) is 3.74. The number of ether oxygens (including phenoxy) is 1. The molecule has 2 nitrogen and oxygen atoms in total. The summed E-state index contributed by atoms with van der Waals surface area (Å²) in [6.07, 6.45) is 0. The average Bonchev–Trinajstić information content (AvgIpc) is 2.60. The largest absolute Gasteiger partial charge is 0.462 e. The first-order valence-corrected chi connectivity index (χ1v) is 8.63. The zero-order chi connectivity index (χ0) is 16.1. The number of benzene rings is 3. The van der Waals surface area contributed by atoms with Gasteiger partial charge < -0.3 is 4.74 Å². The predicted octanol–water partition coefficient (Wildman–Crippen LogP) is 5.31. The van der Waals surface area contributed by atoms with E-state index in [4.69, 9.17) is 4.74 Å². The van der Waals surface area contributed by atoms with Gasteiger partial charge in [0.2, 0.25) is 0 Å². The molecule has 0 fully saturated rings. The van der Waals surface area contributed by atoms with Crippen LogP contribution in [-0.2, 0) is 10.5 Å². The van der Waals surface area contributed by atoms with Crippen molar-refractivity contribution in [3.8, 4) is 0 Å². The summed E-state index contributed by atoms with van der Waals surface area (Å²) in [7, 11) is 0. The molecule has 0 atom stereocenters. The van der Waals surface area contributed by atoms with Crippen molar-refractivity contribution in [2.24, 2.45) is 0 Å². The molecule has 0 amide bonds. The maximum atomic E-state index is 12.3. The highest BCUT2D eigenvalue weighted by atomic mass is 32.2. The van der Waals surface area contributed by atoms with Gasteiger partial charge in [0.05, 0.1) is 12.2 Å². The molecule has 23 heavy (non-hydrogen) atoms. The van der Waals surface area contributed by atoms with Crippen LogP contribution in [0.25, 0.3) is 10.8 Å². The van der Waals surface area contributed by atoms with Crippen molar-refractivity contribution in [3.63, 3.8) is 0 Å². The lowest BCUT2D eigenvalue weighted by Gasteiger charge is -2.11. The van der Waals surface area contributed by atoms with E-state index in [1.807, 2.05) is 49.4 Å². The van der Waals surface area contributed by atoms with Crippen LogP contribution in [0.2, 0.25) is 0 Å². The van der Waals surface area contributed by atoms with E-state index in [1.165, 1.54) is 4.90 Å². The summed E-state index contributed by atoms with van der Waals surface area (Å²) in [6, 6.07) is 22.3. The Kier molecular flexibility index (Phi) is 4.99. The number of rotatable bonds is 5. The summed E-state index contributed by atoms with van der Waals surface area (Å²) in [4.78, 5) is 13.5. The summed E-state index contributed by atoms with van der Waals surface area (Å²) >= 11 is 1.72. The van der Waals surface area contributed by atoms with E-state index in [-0.39, 0.29) is 5.97 Å². The van der Waals surface area contributed by atoms with Gasteiger partial charge in [-0.25, -0.2) is 4.79 Å². The minimum absolute atomic E-state index is 0.248. The summed E-state index contributed by atoms with van der Waals surface area (Å²) in [5, 5.41) is 2.20. The summed E-state index contributed by atoms with van der Waals surface area (Å²) in [6.45, 7) is 2.22. The first kappa shape index (κ1) is 15.6. The number of esters is 1. The van der Waals surface area contributed by atoms with Crippen LogP contribution in [0.4, 0.5) is 0 Å². The second kappa shape index (κ2) is 7.34. The SMILES string of the molecule is CCOC(=O)c1cc2ccccc2cc1CSc1ccccc1. The van der Waals surface area contributed by atoms with Crippen LogP contribution in [-0.4, -0.2) is 12.6 Å². The maximum absolute atomic E-state index is 12.3. The molecule has 0 aliphatic carbocycles. The van der Waals surface area contributed by atoms with E-state index >= 15 is 0 Å². The highest BCUT2D eigenvalue weighted by Crippen LogP contribution is 2.28. The Bertz CT molecular complexity index is 812. The van der Waals surface area contributed by atoms with Gasteiger partial charge in [0.1, 0.15) is 0 Å². The second-order valence-electron chi connectivity index (χ2n) is 5.18. The van der Waals surface area contributed by atoms with Crippen molar-refractivity contribution in [1.82, 2.24) is 0 Å². The molecular weight excluding hydrogens is 304 g/mol. The molecule has 0 heterocycles. The van der Waals surface area contributed by atoms with E-state index in [1.54, 1.807) is 11.8 Å². The lowest BCUT2D eigenvalue weighted by atomic mass is 10.0. The van der Waals surface area contributed by atoms with Gasteiger partial charge in [-0.1, -0.05) is 42.5 Å². The zero-order valence-corrected chi connectivity index (χ0v) is 13.8. The van der Waals surface area contributed by atoms with Crippen LogP contribution in [0.15, 0.2) is 71.6 Å². The Balaban J connectivity index is 1.95. The number of fused-ring (bicyclic) bond motifs is 1. The van der Waals surface area contributed by atoms with Gasteiger partial charge in [0.25, 0.3) is 0 Å². The monoisotopic (exact) mass is 322 g/mol. The molecule has 0 aromatic heterocycles. The molecule has 3 heteroatoms. The predicted molar refractivity (Wildman–Crippen MR) is 95.9 cm³/mol. The van der Waals surface area contributed by atoms with Gasteiger partial charge >= 0.3 is 5.97 Å². The Morgan fingerprint density at radius 2 is 1.61 bits per heavy atom. The highest BCUT2D eigenvalue weighted by Gasteiger charge is 2.14. The fraction of sp³-hybridized carbons (Fsp3) is 0.150. The first-order valence-electron chi connectivity index (χ1n) is 7.64. The lowest BCUT2D eigenvalue weighted by Crippen LogP contribution is -2.08. The van der Waals surface area contributed by atoms with Crippen molar-refractivity contribution in [2.45, 2.75) is 17.6 Å². The molecule has 3 aromatic carbocycles. The Hall–Kier alpha value is -2.26. The summed E-state index contributed by atoms with van der Waals surface area (Å²) in [5.74, 6) is 0.491. The van der Waals surface area contributed by atoms with E-state index in [0.29, 0.717) is 12.2 Å². The van der Waals surface area contributed by atoms with Crippen LogP contribution in [0.3, 0.4) is 0 Å². The summed E-state index contributed by atoms with van der Waals surface area (Å²) < 4.78 is 5.22. The van der Waals surface area contributed by atoms with E-state index < -0.39 is 0 Å². The Labute approximate surface area is 140 Å². The van der Waals surface area contributed by atoms with Crippen molar-refractivity contribution in [1.29, 1.82) is 0 Å². The molecule has 0 unspecified atom stereocenters. The van der Waals surface area contributed by atoms with Crippen molar-refractivity contribution in [2.75, 3.05) is 6.61 Å². The molecule has 0 aliphatic heterocycles. The van der Waals surface area contributed by atoms with Crippen molar-refractivity contribution >= 4 is 28.5 Å². The molecule has 0 N–H and O–H groups in total. The Morgan fingerprint density at radius 1 is 0.957 bits per heavy atom. The van der Waals surface area contributed by atoms with E-state index in [9.17, 15) is 4.79 Å². The fourth-order valence-electron chi connectivity index (χ4n) is 2.48. The highest BCUT2D eigenvalue weighted by molar-refractivity contribution is 7.98. The van der Waals surface area contributed by atoms with Gasteiger partial charge in [-0.2, -0.15) is 0 Å². The van der Waals surface area contributed by atoms with Gasteiger partial charge in [-0.3, -0.25) is 0 Å². The minimum Gasteiger partial charge on any atom is -0.462 e. The molecule has 0 spiro atoms. The molecule has 0 saturated carbocycles. The van der Waals surface area contributed by atoms with Crippen molar-refractivity contribution < 1.29 is 9.53 Å². The topological polar surface area (TPSA) is 26.3 Å². The minimum atomic E-state index is -0.248. The van der Waals surface area contributed by atoms with Crippen LogP contribution in [0, 0.1) is 0 Å². The van der Waals surface area contributed by atoms with E-state index in [0.717, 1.165) is 22.1 Å². The molecule has 0 aliphatic rings. The normalized spacial score (nSPS) is 10.7. The molecule has 0 bridgehead atoms. The van der Waals surface area contributed by atoms with E-state index in [2.05, 4.69) is 24.3 Å². The molecule has 3 aromatic rings. The smallest absolute Gasteiger partial charge is 0.338 e. The van der Waals surface area contributed by atoms with Gasteiger partial charge in [0, 0.05) is 10.6 Å². The number of carbonyl (C=O) groups is 1. The van der Waals surface area contributed by atoms with Gasteiger partial charge in [0.15, 0.2) is 0 Å². The zero-order valence-electron chi connectivity index (χ0n) is 13.0. The fourth-order valence-corrected chi connectivity index (χ4v) is 3.39. The lowest BCUT2D eigenvalue weighted by molar-refractivity contribution is 0.0525. The number of carbonyl (C=O) groups excluding carboxylic acids is 1. The third-order valence-corrected chi connectivity index (χ3v) is 4.67. The second-order valence-corrected chi connectivity index (χ2v) is 6.23. The standard InChI is InChI=1S/C20H18O2S/c1-2-22-20(21)19-13-16-9-7-6-8-15(16)12-17(19)14-23-18-10-4-3-5-11-18/h3-13H,2,14H2,1H3. The molecule has 3 rings (SSSR count).